The van der Waals surface area contributed by atoms with Gasteiger partial charge < -0.3 is 24.6 Å². The molecule has 1 aliphatic rings. The van der Waals surface area contributed by atoms with Crippen molar-refractivity contribution in [3.05, 3.63) is 39.9 Å². The zero-order chi connectivity index (χ0) is 30.8. The average molecular weight is 624 g/mol. The maximum Gasteiger partial charge on any atom is 1.00 e. The third kappa shape index (κ3) is 8.20. The van der Waals surface area contributed by atoms with E-state index in [1.807, 2.05) is 13.8 Å². The predicted octanol–water partition coefficient (Wildman–Crippen LogP) is 2.72. The standard InChI is InChI=1S/C28H39F3N3O6P.Na/c1-6-18(7-2)34-15-20(25(36)32-16-28(30,31)41(38,39)40-26(37)27(3,4)5)24(35)19-13-21(29)22(14-23(19)34)33-17-11-9-8-10-12-17;/h13-15,17-18,33H,6-12,16H2,1-5H3,(H,32,36)(H,38,39);/q;+1/p-1. The zero-order valence-electron chi connectivity index (χ0n) is 25.0. The molecule has 14 heteroatoms. The van der Waals surface area contributed by atoms with Crippen LogP contribution < -0.4 is 50.5 Å². The molecule has 1 saturated carbocycles. The first-order valence-corrected chi connectivity index (χ1v) is 15.4. The monoisotopic (exact) mass is 623 g/mol. The van der Waals surface area contributed by atoms with Crippen LogP contribution in [0.3, 0.4) is 0 Å². The summed E-state index contributed by atoms with van der Waals surface area (Å²) in [4.78, 5) is 50.3. The molecular weight excluding hydrogens is 585 g/mol. The molecule has 1 atom stereocenters. The van der Waals surface area contributed by atoms with E-state index in [0.29, 0.717) is 18.4 Å². The van der Waals surface area contributed by atoms with Crippen LogP contribution in [0.2, 0.25) is 0 Å². The van der Waals surface area contributed by atoms with Crippen LogP contribution in [0, 0.1) is 11.2 Å². The third-order valence-electron chi connectivity index (χ3n) is 7.34. The number of carbonyl (C=O) groups is 2. The number of hydrogen-bond acceptors (Lipinski definition) is 7. The maximum atomic E-state index is 15.2. The minimum absolute atomic E-state index is 0. The summed E-state index contributed by atoms with van der Waals surface area (Å²) in [5.74, 6) is -3.35. The third-order valence-corrected chi connectivity index (χ3v) is 8.71. The summed E-state index contributed by atoms with van der Waals surface area (Å²) in [7, 11) is -6.10. The van der Waals surface area contributed by atoms with Gasteiger partial charge in [0.1, 0.15) is 11.4 Å². The Morgan fingerprint density at radius 2 is 1.74 bits per heavy atom. The topological polar surface area (TPSA) is 130 Å². The molecule has 228 valence electrons. The number of fused-ring (bicyclic) bond motifs is 1. The molecule has 1 amide bonds. The van der Waals surface area contributed by atoms with Crippen molar-refractivity contribution in [1.29, 1.82) is 0 Å². The Morgan fingerprint density at radius 1 is 1.14 bits per heavy atom. The number of benzene rings is 1. The van der Waals surface area contributed by atoms with E-state index in [2.05, 4.69) is 9.84 Å². The van der Waals surface area contributed by atoms with E-state index in [9.17, 15) is 32.6 Å². The molecule has 2 N–H and O–H groups in total. The fourth-order valence-corrected chi connectivity index (χ4v) is 5.68. The van der Waals surface area contributed by atoms with Crippen LogP contribution in [-0.2, 0) is 13.9 Å². The molecule has 1 aromatic heterocycles. The number of carbonyl (C=O) groups excluding carboxylic acids is 2. The molecule has 42 heavy (non-hydrogen) atoms. The minimum atomic E-state index is -6.10. The Bertz CT molecular complexity index is 1400. The number of pyridine rings is 1. The summed E-state index contributed by atoms with van der Waals surface area (Å²) in [6.45, 7) is 5.92. The maximum absolute atomic E-state index is 15.2. The second-order valence-electron chi connectivity index (χ2n) is 11.6. The van der Waals surface area contributed by atoms with E-state index in [1.54, 1.807) is 9.88 Å². The molecule has 1 aromatic carbocycles. The number of hydrogen-bond donors (Lipinski definition) is 2. The minimum Gasteiger partial charge on any atom is -0.765 e. The van der Waals surface area contributed by atoms with Gasteiger partial charge in [0.05, 0.1) is 23.2 Å². The number of amides is 1. The van der Waals surface area contributed by atoms with Crippen molar-refractivity contribution in [3.8, 4) is 0 Å². The van der Waals surface area contributed by atoms with E-state index >= 15 is 4.39 Å². The summed E-state index contributed by atoms with van der Waals surface area (Å²) in [6, 6.07) is 2.45. The molecule has 2 aromatic rings. The largest absolute Gasteiger partial charge is 1.00 e. The van der Waals surface area contributed by atoms with Crippen molar-refractivity contribution in [3.63, 3.8) is 0 Å². The first-order valence-electron chi connectivity index (χ1n) is 13.9. The van der Waals surface area contributed by atoms with Crippen molar-refractivity contribution in [2.24, 2.45) is 5.41 Å². The van der Waals surface area contributed by atoms with Crippen LogP contribution in [0.1, 0.15) is 96.0 Å². The number of nitrogens with zero attached hydrogens (tertiary/aromatic N) is 1. The number of rotatable bonds is 10. The van der Waals surface area contributed by atoms with Gasteiger partial charge >= 0.3 is 41.2 Å². The predicted molar refractivity (Wildman–Crippen MR) is 149 cm³/mol. The molecule has 0 spiro atoms. The van der Waals surface area contributed by atoms with Crippen molar-refractivity contribution in [2.75, 3.05) is 11.9 Å². The van der Waals surface area contributed by atoms with E-state index < -0.39 is 53.9 Å². The number of aromatic nitrogens is 1. The van der Waals surface area contributed by atoms with Gasteiger partial charge in [-0.15, -0.1) is 0 Å². The van der Waals surface area contributed by atoms with E-state index in [4.69, 9.17) is 0 Å². The Labute approximate surface area is 265 Å². The number of halogens is 3. The van der Waals surface area contributed by atoms with Gasteiger partial charge in [-0.25, -0.2) is 4.39 Å². The van der Waals surface area contributed by atoms with Crippen LogP contribution in [0.15, 0.2) is 23.1 Å². The molecule has 1 unspecified atom stereocenters. The van der Waals surface area contributed by atoms with Crippen molar-refractivity contribution in [2.45, 2.75) is 97.3 Å². The summed E-state index contributed by atoms with van der Waals surface area (Å²) in [5, 5.41) is 4.89. The van der Waals surface area contributed by atoms with Gasteiger partial charge in [0.15, 0.2) is 0 Å². The molecule has 1 aliphatic carbocycles. The van der Waals surface area contributed by atoms with Gasteiger partial charge in [-0.2, -0.15) is 8.78 Å². The summed E-state index contributed by atoms with van der Waals surface area (Å²) < 4.78 is 62.2. The van der Waals surface area contributed by atoms with Crippen LogP contribution in [0.5, 0.6) is 0 Å². The van der Waals surface area contributed by atoms with Crippen molar-refractivity contribution in [1.82, 2.24) is 9.88 Å². The molecule has 1 heterocycles. The summed E-state index contributed by atoms with van der Waals surface area (Å²) in [5.41, 5.74) is -6.86. The first-order chi connectivity index (χ1) is 19.0. The Balaban J connectivity index is 0.00000616. The normalized spacial score (nSPS) is 16.0. The Kier molecular flexibility index (Phi) is 12.4. The smallest absolute Gasteiger partial charge is 0.765 e. The van der Waals surface area contributed by atoms with Gasteiger partial charge in [0.2, 0.25) is 5.43 Å². The number of nitrogens with one attached hydrogen (secondary N) is 2. The Morgan fingerprint density at radius 3 is 2.29 bits per heavy atom. The molecule has 9 nitrogen and oxygen atoms in total. The van der Waals surface area contributed by atoms with E-state index in [1.165, 1.54) is 33.0 Å². The molecule has 3 rings (SSSR count). The van der Waals surface area contributed by atoms with Crippen LogP contribution >= 0.6 is 7.60 Å². The number of alkyl halides is 2. The van der Waals surface area contributed by atoms with Gasteiger partial charge in [-0.1, -0.05) is 33.1 Å². The summed E-state index contributed by atoms with van der Waals surface area (Å²) >= 11 is 0. The van der Waals surface area contributed by atoms with Crippen LogP contribution in [-0.4, -0.2) is 34.7 Å². The van der Waals surface area contributed by atoms with E-state index in [-0.39, 0.29) is 52.7 Å². The fraction of sp³-hybridized carbons (Fsp3) is 0.607. The van der Waals surface area contributed by atoms with Crippen LogP contribution in [0.25, 0.3) is 10.9 Å². The quantitative estimate of drug-likeness (QED) is 0.308. The van der Waals surface area contributed by atoms with E-state index in [0.717, 1.165) is 38.2 Å². The fourth-order valence-electron chi connectivity index (χ4n) is 4.78. The van der Waals surface area contributed by atoms with Gasteiger partial charge in [-0.05, 0) is 58.6 Å². The second-order valence-corrected chi connectivity index (χ2v) is 13.4. The van der Waals surface area contributed by atoms with Gasteiger partial charge in [0, 0.05) is 23.7 Å². The molecule has 1 fully saturated rings. The second kappa shape index (κ2) is 14.3. The molecule has 0 bridgehead atoms. The average Bonchev–Trinajstić information content (AvgIpc) is 2.89. The molecule has 0 aliphatic heterocycles. The van der Waals surface area contributed by atoms with Gasteiger partial charge in [-0.3, -0.25) is 18.9 Å². The van der Waals surface area contributed by atoms with Crippen molar-refractivity contribution < 1.29 is 66.3 Å². The van der Waals surface area contributed by atoms with Crippen molar-refractivity contribution >= 4 is 36.1 Å². The first kappa shape index (κ1) is 36.3. The molecule has 0 radical (unpaired) electrons. The summed E-state index contributed by atoms with van der Waals surface area (Å²) in [6.07, 6.45) is 7.39. The number of anilines is 1. The molecule has 0 saturated heterocycles. The Hall–Kier alpha value is -1.85. The molecular formula is C28H38F3N3NaO6P. The zero-order valence-corrected chi connectivity index (χ0v) is 27.9. The SMILES string of the molecule is CCC(CC)n1cc(C(=O)NCC(F)(F)P(=O)([O-])OC(=O)C(C)(C)C)c(=O)c2cc(F)c(NC3CCCCC3)cc21.[Na+]. The van der Waals surface area contributed by atoms with Gasteiger partial charge in [0.25, 0.3) is 13.5 Å². The van der Waals surface area contributed by atoms with Crippen LogP contribution in [0.4, 0.5) is 18.9 Å².